The van der Waals surface area contributed by atoms with Crippen molar-refractivity contribution in [2.45, 2.75) is 26.4 Å². The van der Waals surface area contributed by atoms with Crippen LogP contribution in [0.4, 0.5) is 4.79 Å². The van der Waals surface area contributed by atoms with Crippen LogP contribution >= 0.6 is 0 Å². The first-order valence-corrected chi connectivity index (χ1v) is 5.18. The number of hydrogen-bond acceptors (Lipinski definition) is 4. The van der Waals surface area contributed by atoms with Crippen LogP contribution in [0, 0.1) is 0 Å². The van der Waals surface area contributed by atoms with Gasteiger partial charge >= 0.3 is 6.09 Å². The van der Waals surface area contributed by atoms with E-state index in [4.69, 9.17) is 10.6 Å². The lowest BCUT2D eigenvalue weighted by molar-refractivity contribution is 0.0239. The molecule has 1 rings (SSSR count). The molecule has 0 aromatic heterocycles. The Hall–Kier alpha value is -1.88. The van der Waals surface area contributed by atoms with Crippen molar-refractivity contribution in [3.8, 4) is 0 Å². The van der Waals surface area contributed by atoms with E-state index in [0.717, 1.165) is 0 Å². The van der Waals surface area contributed by atoms with E-state index in [1.807, 2.05) is 0 Å². The first-order chi connectivity index (χ1) is 7.81. The lowest BCUT2D eigenvalue weighted by Gasteiger charge is -2.23. The Morgan fingerprint density at radius 1 is 1.18 bits per heavy atom. The van der Waals surface area contributed by atoms with Crippen molar-refractivity contribution >= 4 is 12.0 Å². The number of hydrazine groups is 1. The smallest absolute Gasteiger partial charge is 0.432 e. The number of nitrogens with zero attached hydrogens (tertiary/aromatic N) is 1. The molecule has 1 aromatic carbocycles. The predicted octanol–water partition coefficient (Wildman–Crippen LogP) is 1.94. The molecule has 0 fully saturated rings. The average molecular weight is 236 g/mol. The van der Waals surface area contributed by atoms with Gasteiger partial charge in [-0.25, -0.2) is 10.6 Å². The molecule has 0 spiro atoms. The summed E-state index contributed by atoms with van der Waals surface area (Å²) in [5, 5.41) is 0.473. The summed E-state index contributed by atoms with van der Waals surface area (Å²) in [5.74, 6) is 4.81. The van der Waals surface area contributed by atoms with Gasteiger partial charge in [-0.3, -0.25) is 4.79 Å². The molecule has 1 aromatic rings. The van der Waals surface area contributed by atoms with Crippen LogP contribution in [0.5, 0.6) is 0 Å². The van der Waals surface area contributed by atoms with Crippen molar-refractivity contribution in [2.24, 2.45) is 5.84 Å². The molecule has 5 nitrogen and oxygen atoms in total. The third-order valence-electron chi connectivity index (χ3n) is 1.83. The van der Waals surface area contributed by atoms with Gasteiger partial charge in [0.15, 0.2) is 0 Å². The summed E-state index contributed by atoms with van der Waals surface area (Å²) in [6, 6.07) is 8.30. The van der Waals surface area contributed by atoms with Crippen molar-refractivity contribution in [1.29, 1.82) is 0 Å². The molecule has 0 aliphatic heterocycles. The zero-order valence-electron chi connectivity index (χ0n) is 10.1. The van der Waals surface area contributed by atoms with Crippen LogP contribution in [0.25, 0.3) is 0 Å². The molecular formula is C12H16N2O3. The number of rotatable bonds is 1. The highest BCUT2D eigenvalue weighted by Gasteiger charge is 2.25. The zero-order chi connectivity index (χ0) is 13.1. The first-order valence-electron chi connectivity index (χ1n) is 5.18. The minimum Gasteiger partial charge on any atom is -0.442 e. The monoisotopic (exact) mass is 236 g/mol. The van der Waals surface area contributed by atoms with Crippen LogP contribution in [-0.4, -0.2) is 22.6 Å². The van der Waals surface area contributed by atoms with Crippen LogP contribution in [0.15, 0.2) is 30.3 Å². The second kappa shape index (κ2) is 4.97. The Morgan fingerprint density at radius 3 is 2.18 bits per heavy atom. The maximum Gasteiger partial charge on any atom is 0.432 e. The summed E-state index contributed by atoms with van der Waals surface area (Å²) < 4.78 is 4.98. The molecule has 5 heteroatoms. The number of carbonyl (C=O) groups excluding carboxylic acids is 2. The second-order valence-corrected chi connectivity index (χ2v) is 4.52. The van der Waals surface area contributed by atoms with Crippen LogP contribution in [0.2, 0.25) is 0 Å². The van der Waals surface area contributed by atoms with E-state index in [9.17, 15) is 9.59 Å². The minimum atomic E-state index is -0.869. The maximum atomic E-state index is 11.8. The van der Waals surface area contributed by atoms with E-state index in [0.29, 0.717) is 10.6 Å². The third kappa shape index (κ3) is 3.88. The van der Waals surface area contributed by atoms with Gasteiger partial charge in [-0.15, -0.1) is 0 Å². The van der Waals surface area contributed by atoms with Gasteiger partial charge in [0.2, 0.25) is 0 Å². The molecule has 0 saturated carbocycles. The van der Waals surface area contributed by atoms with Gasteiger partial charge in [-0.1, -0.05) is 18.2 Å². The molecule has 0 atom stereocenters. The van der Waals surface area contributed by atoms with Gasteiger partial charge in [0.25, 0.3) is 5.91 Å². The summed E-state index contributed by atoms with van der Waals surface area (Å²) in [7, 11) is 0. The standard InChI is InChI=1S/C12H16N2O3/c1-12(2,3)17-11(16)14(13)10(15)9-7-5-4-6-8-9/h4-8H,13H2,1-3H3. The van der Waals surface area contributed by atoms with Crippen molar-refractivity contribution in [2.75, 3.05) is 0 Å². The molecule has 2 amide bonds. The number of nitrogens with two attached hydrogens (primary N) is 1. The van der Waals surface area contributed by atoms with E-state index in [2.05, 4.69) is 0 Å². The fraction of sp³-hybridized carbons (Fsp3) is 0.333. The molecule has 0 unspecified atom stereocenters. The minimum absolute atomic E-state index is 0.334. The molecule has 0 aliphatic carbocycles. The Bertz CT molecular complexity index is 410. The largest absolute Gasteiger partial charge is 0.442 e. The fourth-order valence-electron chi connectivity index (χ4n) is 1.11. The zero-order valence-corrected chi connectivity index (χ0v) is 10.1. The molecule has 0 aliphatic rings. The van der Waals surface area contributed by atoms with Crippen LogP contribution in [-0.2, 0) is 4.74 Å². The quantitative estimate of drug-likeness (QED) is 0.459. The Morgan fingerprint density at radius 2 is 1.71 bits per heavy atom. The molecule has 2 N–H and O–H groups in total. The van der Waals surface area contributed by atoms with Crippen molar-refractivity contribution in [1.82, 2.24) is 5.01 Å². The highest BCUT2D eigenvalue weighted by atomic mass is 16.6. The molecule has 0 bridgehead atoms. The van der Waals surface area contributed by atoms with Crippen molar-refractivity contribution < 1.29 is 14.3 Å². The number of carbonyl (C=O) groups is 2. The van der Waals surface area contributed by atoms with E-state index >= 15 is 0 Å². The predicted molar refractivity (Wildman–Crippen MR) is 63.0 cm³/mol. The Balaban J connectivity index is 2.74. The summed E-state index contributed by atoms with van der Waals surface area (Å²) >= 11 is 0. The number of ether oxygens (including phenoxy) is 1. The van der Waals surface area contributed by atoms with Gasteiger partial charge in [-0.2, -0.15) is 5.01 Å². The van der Waals surface area contributed by atoms with Gasteiger partial charge in [0, 0.05) is 5.56 Å². The van der Waals surface area contributed by atoms with Gasteiger partial charge in [0.1, 0.15) is 5.60 Å². The summed E-state index contributed by atoms with van der Waals surface area (Å²) in [6.45, 7) is 5.10. The number of amides is 2. The van der Waals surface area contributed by atoms with Crippen molar-refractivity contribution in [3.05, 3.63) is 35.9 Å². The SMILES string of the molecule is CC(C)(C)OC(=O)N(N)C(=O)c1ccccc1. The number of hydrogen-bond donors (Lipinski definition) is 1. The second-order valence-electron chi connectivity index (χ2n) is 4.52. The van der Waals surface area contributed by atoms with E-state index in [1.165, 1.54) is 0 Å². The maximum absolute atomic E-state index is 11.8. The molecule has 0 saturated heterocycles. The van der Waals surface area contributed by atoms with Gasteiger partial charge in [0.05, 0.1) is 0 Å². The number of benzene rings is 1. The van der Waals surface area contributed by atoms with E-state index in [1.54, 1.807) is 51.1 Å². The van der Waals surface area contributed by atoms with E-state index in [-0.39, 0.29) is 0 Å². The Labute approximate surface area is 100 Å². The number of imide groups is 1. The molecule has 92 valence electrons. The van der Waals surface area contributed by atoms with Gasteiger partial charge in [-0.05, 0) is 32.9 Å². The normalized spacial score (nSPS) is 10.8. The highest BCUT2D eigenvalue weighted by Crippen LogP contribution is 2.10. The molecular weight excluding hydrogens is 220 g/mol. The molecule has 17 heavy (non-hydrogen) atoms. The van der Waals surface area contributed by atoms with Crippen LogP contribution in [0.3, 0.4) is 0 Å². The molecule has 0 radical (unpaired) electrons. The lowest BCUT2D eigenvalue weighted by atomic mass is 10.2. The average Bonchev–Trinajstić information content (AvgIpc) is 2.26. The summed E-state index contributed by atoms with van der Waals surface area (Å²) in [4.78, 5) is 23.3. The van der Waals surface area contributed by atoms with Crippen LogP contribution < -0.4 is 5.84 Å². The summed E-state index contributed by atoms with van der Waals surface area (Å²) in [6.07, 6.45) is -0.869. The molecule has 0 heterocycles. The van der Waals surface area contributed by atoms with Gasteiger partial charge < -0.3 is 4.74 Å². The Kier molecular flexibility index (Phi) is 3.85. The topological polar surface area (TPSA) is 72.6 Å². The lowest BCUT2D eigenvalue weighted by Crippen LogP contribution is -2.45. The first kappa shape index (κ1) is 13.2. The van der Waals surface area contributed by atoms with Crippen molar-refractivity contribution in [3.63, 3.8) is 0 Å². The highest BCUT2D eigenvalue weighted by molar-refractivity contribution is 6.02. The third-order valence-corrected chi connectivity index (χ3v) is 1.83. The van der Waals surface area contributed by atoms with Crippen LogP contribution in [0.1, 0.15) is 31.1 Å². The van der Waals surface area contributed by atoms with E-state index < -0.39 is 17.6 Å². The summed E-state index contributed by atoms with van der Waals surface area (Å²) in [5.41, 5.74) is -0.355. The fourth-order valence-corrected chi connectivity index (χ4v) is 1.11.